The van der Waals surface area contributed by atoms with Gasteiger partial charge in [-0.15, -0.1) is 85.7 Å². The molecule has 0 unspecified atom stereocenters. The molecular formula is C94H153BN12O29P6. The number of aromatic nitrogens is 12. The fourth-order valence-corrected chi connectivity index (χ4v) is 22.3. The number of hydrogen-bond donors (Lipinski definition) is 16. The molecule has 0 spiro atoms. The van der Waals surface area contributed by atoms with E-state index in [1.807, 2.05) is 13.8 Å². The lowest BCUT2D eigenvalue weighted by Gasteiger charge is -2.19. The first-order valence-electron chi connectivity index (χ1n) is 47.1. The van der Waals surface area contributed by atoms with E-state index in [1.54, 1.807) is 14.0 Å². The van der Waals surface area contributed by atoms with Gasteiger partial charge < -0.3 is 103 Å². The smallest absolute Gasteiger partial charge is 0.332 e. The first-order valence-corrected chi connectivity index (χ1v) is 65.5. The zero-order valence-corrected chi connectivity index (χ0v) is 90.1. The van der Waals surface area contributed by atoms with Crippen LogP contribution in [0.5, 0.6) is 0 Å². The van der Waals surface area contributed by atoms with Gasteiger partial charge in [-0.2, -0.15) is 0 Å². The Hall–Kier alpha value is -7.26. The van der Waals surface area contributed by atoms with Crippen molar-refractivity contribution in [3.63, 3.8) is 0 Å². The van der Waals surface area contributed by atoms with Gasteiger partial charge >= 0.3 is 34.1 Å². The number of nitrogens with one attached hydrogen (secondary N) is 5. The first kappa shape index (κ1) is 122. The van der Waals surface area contributed by atoms with E-state index in [-0.39, 0.29) is 46.0 Å². The third-order valence-corrected chi connectivity index (χ3v) is 33.7. The lowest BCUT2D eigenvalue weighted by atomic mass is 9.77. The SMILES string of the molecule is C=CCn1cc([C@@H]2O[C@H](CCP(=C)(C)C)[C@@H](O)[C@H]2O)c(=O)[nH]c1=O.C=Cn1cc([C@@H]2O[C@H](CCP(=C)(C)C)[C@@H](O)[C@H]2O)c(=O)[nH]c1=O.C=P(C)(C)CC[C@H]1O[C@@H](c2cn(CC)c(=O)[nH]c2=O)[C@H](O)[C@@H]1O.C=P(C)(C)CC[C@H]1O[C@@H](c2cn(CCC)c(=O)[nH]c2=O)[C@H](O)[C@@H]1O.C=P(C)(C)CC[C@H]1O[C@@H](c2cn(CCCC)c(=O)[nH]c2=O)[C@H](O)[C@@H]1O.[B][C@H]1[C@@H](O)[C@H](c2cn(C)c(=O)n(C)c2=O)O[C@@H]1CCP(=C)(C)C. The third kappa shape index (κ3) is 33.4. The van der Waals surface area contributed by atoms with Crippen molar-refractivity contribution in [1.29, 1.82) is 0 Å². The number of hydrogen-bond acceptors (Lipinski definition) is 29. The van der Waals surface area contributed by atoms with E-state index in [2.05, 4.69) is 156 Å². The van der Waals surface area contributed by atoms with Gasteiger partial charge in [0.2, 0.25) is 0 Å². The maximum absolute atomic E-state index is 12.3. The Bertz CT molecular complexity index is 6430. The van der Waals surface area contributed by atoms with E-state index in [4.69, 9.17) is 36.3 Å². The van der Waals surface area contributed by atoms with Crippen molar-refractivity contribution in [2.24, 2.45) is 14.1 Å². The largest absolute Gasteiger partial charge is 0.390 e. The molecule has 796 valence electrons. The van der Waals surface area contributed by atoms with Crippen LogP contribution in [0.4, 0.5) is 0 Å². The molecule has 6 aliphatic rings. The van der Waals surface area contributed by atoms with E-state index in [0.717, 1.165) is 65.4 Å². The van der Waals surface area contributed by atoms with Gasteiger partial charge in [0.1, 0.15) is 97.7 Å². The van der Waals surface area contributed by atoms with Gasteiger partial charge in [0, 0.05) is 83.7 Å². The number of aliphatic hydroxyl groups is 11. The molecule has 0 aromatic carbocycles. The molecule has 12 rings (SSSR count). The number of aromatic amines is 5. The molecule has 6 aromatic rings. The summed E-state index contributed by atoms with van der Waals surface area (Å²) in [5, 5.41) is 113. The van der Waals surface area contributed by atoms with Crippen molar-refractivity contribution >= 4 is 93.2 Å². The third-order valence-electron chi connectivity index (χ3n) is 24.9. The second-order valence-corrected chi connectivity index (χ2v) is 67.3. The summed E-state index contributed by atoms with van der Waals surface area (Å²) in [4.78, 5) is 154. The Balaban J connectivity index is 0.000000231. The number of rotatable bonds is 33. The second-order valence-electron chi connectivity index (χ2n) is 41.4. The average molecular weight is 2110 g/mol. The standard InChI is InChI=1S/C17H29N2O5P.C16H27N2O5P.C16H25N2O5P.C15H24BN2O4P.C15H25N2O5P.C15H23N2O5P/c1-5-6-8-19-10-11(16(22)18-17(19)23)15-14(21)13(20)12(24-15)7-9-25(2,3)4;2*1-5-7-18-9-10(15(21)17-16(18)22)14-13(20)12(19)11(23-14)6-8-24(2,3)4;1-17-8-9(14(20)18(2)15(17)21)13-12(19)11(16)10(22-13)6-7-23(3,4)5;2*1-5-17-8-9(14(20)16-15(17)21)13-12(19)11(18)10(22-13)6-7-23(2,3)4/h10,12-15,20-21H,2,5-9H2,1,3-4H3,(H,18,22,23);9,11-14,19-20H,2,5-8H2,1,3-4H3,(H,17,21,22);5,9,11-14,19-20H,1-2,6-8H2,3-4H3,(H,17,21,22);8,10-13,19H,3,6-7H2,1-2,4-5H3;8,10-13,18-19H,2,5-7H2,1,3-4H3,(H,16,20,21);5,8,10-13,18-19H,1-2,6-7H2,3-4H3,(H,16,20,21)/t12-,13-,14-,15+;2*11-,12-,13-,14+;3*10-,11-,12-,13+/m111111/s1. The van der Waals surface area contributed by atoms with Crippen LogP contribution in [0.3, 0.4) is 0 Å². The molecule has 48 heteroatoms. The summed E-state index contributed by atoms with van der Waals surface area (Å²) in [6.07, 6.45) is 25.7. The van der Waals surface area contributed by atoms with Gasteiger partial charge in [0.05, 0.1) is 84.0 Å². The van der Waals surface area contributed by atoms with Crippen molar-refractivity contribution in [3.8, 4) is 0 Å². The van der Waals surface area contributed by atoms with Gasteiger partial charge in [0.15, 0.2) is 0 Å². The van der Waals surface area contributed by atoms with Crippen LogP contribution in [0, 0.1) is 0 Å². The van der Waals surface area contributed by atoms with E-state index < -0.39 is 249 Å². The maximum Gasteiger partial charge on any atom is 0.332 e. The fourth-order valence-electron chi connectivity index (χ4n) is 16.6. The van der Waals surface area contributed by atoms with Crippen molar-refractivity contribution in [1.82, 2.24) is 56.9 Å². The quantitative estimate of drug-likeness (QED) is 0.0151. The maximum atomic E-state index is 12.3. The summed E-state index contributed by atoms with van der Waals surface area (Å²) in [6.45, 7) is 31.8. The van der Waals surface area contributed by atoms with Crippen LogP contribution in [0.2, 0.25) is 5.82 Å². The van der Waals surface area contributed by atoms with Gasteiger partial charge in [-0.1, -0.05) is 32.9 Å². The number of ether oxygens (including phenoxy) is 6. The van der Waals surface area contributed by atoms with Gasteiger partial charge in [-0.25, -0.2) is 28.8 Å². The predicted octanol–water partition coefficient (Wildman–Crippen LogP) is 0.446. The molecule has 24 atom stereocenters. The molecule has 2 radical (unpaired) electrons. The van der Waals surface area contributed by atoms with Crippen LogP contribution < -0.4 is 67.5 Å². The average Bonchev–Trinajstić information content (AvgIpc) is 1.59. The summed E-state index contributed by atoms with van der Waals surface area (Å²) in [5.41, 5.74) is -5.61. The lowest BCUT2D eigenvalue weighted by Crippen LogP contribution is -2.40. The van der Waals surface area contributed by atoms with E-state index in [0.29, 0.717) is 58.2 Å². The van der Waals surface area contributed by atoms with Crippen molar-refractivity contribution in [3.05, 3.63) is 215 Å². The van der Waals surface area contributed by atoms with E-state index in [9.17, 15) is 114 Å². The van der Waals surface area contributed by atoms with Gasteiger partial charge in [0.25, 0.3) is 33.4 Å². The number of H-pyrrole nitrogens is 5. The number of aliphatic hydroxyl groups excluding tert-OH is 11. The summed E-state index contributed by atoms with van der Waals surface area (Å²) < 4.78 is 43.5. The summed E-state index contributed by atoms with van der Waals surface area (Å²) in [7, 11) is 9.04. The Morgan fingerprint density at radius 3 is 0.887 bits per heavy atom. The zero-order valence-electron chi connectivity index (χ0n) is 84.7. The second kappa shape index (κ2) is 51.6. The molecule has 0 amide bonds. The molecular weight excluding hydrogens is 1960 g/mol. The molecule has 12 heterocycles. The predicted molar refractivity (Wildman–Crippen MR) is 574 cm³/mol. The number of allylic oxidation sites excluding steroid dienone is 1. The van der Waals surface area contributed by atoms with Crippen molar-refractivity contribution in [2.75, 3.05) is 117 Å². The number of aryl methyl sites for hydroxylation is 4. The van der Waals surface area contributed by atoms with Crippen LogP contribution in [-0.2, 0) is 68.7 Å². The minimum absolute atomic E-state index is 0.0854. The summed E-state index contributed by atoms with van der Waals surface area (Å²) >= 11 is 0. The molecule has 6 aliphatic heterocycles. The van der Waals surface area contributed by atoms with E-state index in [1.165, 1.54) is 79.3 Å². The zero-order chi connectivity index (χ0) is 107. The molecule has 6 fully saturated rings. The van der Waals surface area contributed by atoms with E-state index >= 15 is 0 Å². The minimum atomic E-state index is -1.29. The summed E-state index contributed by atoms with van der Waals surface area (Å²) in [5.74, 6) is -0.562. The monoisotopic (exact) mass is 2110 g/mol. The minimum Gasteiger partial charge on any atom is -0.390 e. The van der Waals surface area contributed by atoms with Crippen LogP contribution in [0.1, 0.15) is 149 Å². The Kier molecular flexibility index (Phi) is 44.2. The normalized spacial score (nSPS) is 27.7. The summed E-state index contributed by atoms with van der Waals surface area (Å²) in [6, 6.07) is 0. The number of unbranched alkanes of at least 4 members (excludes halogenated alkanes) is 1. The van der Waals surface area contributed by atoms with Crippen molar-refractivity contribution < 1.29 is 84.6 Å². The highest BCUT2D eigenvalue weighted by molar-refractivity contribution is 7.73. The Morgan fingerprint density at radius 2 is 0.599 bits per heavy atom. The lowest BCUT2D eigenvalue weighted by molar-refractivity contribution is 0.00493. The van der Waals surface area contributed by atoms with Crippen LogP contribution in [0.25, 0.3) is 6.20 Å². The highest BCUT2D eigenvalue weighted by atomic mass is 31.2. The number of nitrogens with zero attached hydrogens (tertiary/aromatic N) is 7. The molecule has 142 heavy (non-hydrogen) atoms. The van der Waals surface area contributed by atoms with Gasteiger partial charge in [-0.05, 0) is 181 Å². The highest BCUT2D eigenvalue weighted by Gasteiger charge is 2.50. The molecule has 16 N–H and O–H groups in total. The van der Waals surface area contributed by atoms with Crippen LogP contribution >= 0.6 is 41.3 Å². The van der Waals surface area contributed by atoms with Crippen LogP contribution in [0.15, 0.2) is 114 Å². The fraction of sp³-hybridized carbons (Fsp3) is 0.638. The van der Waals surface area contributed by atoms with Crippen molar-refractivity contribution in [2.45, 2.75) is 251 Å². The molecule has 0 saturated carbocycles. The topological polar surface area (TPSA) is 596 Å². The molecule has 0 bridgehead atoms. The molecule has 6 saturated heterocycles. The molecule has 0 aliphatic carbocycles. The first-order chi connectivity index (χ1) is 65.7. The van der Waals surface area contributed by atoms with Crippen LogP contribution in [-0.4, -0.2) is 379 Å². The Labute approximate surface area is 827 Å². The highest BCUT2D eigenvalue weighted by Crippen LogP contribution is 2.48. The molecule has 41 nitrogen and oxygen atoms in total. The molecule has 6 aromatic heterocycles. The Morgan fingerprint density at radius 1 is 0.338 bits per heavy atom. The van der Waals surface area contributed by atoms with Gasteiger partial charge in [-0.3, -0.25) is 67.4 Å².